The molecule has 1 aromatic carbocycles. The quantitative estimate of drug-likeness (QED) is 0.358. The average Bonchev–Trinajstić information content (AvgIpc) is 3.00. The van der Waals surface area contributed by atoms with Crippen molar-refractivity contribution in [2.75, 3.05) is 31.9 Å². The molecule has 0 aliphatic carbocycles. The summed E-state index contributed by atoms with van der Waals surface area (Å²) in [6.45, 7) is 8.18. The average molecular weight is 461 g/mol. The smallest absolute Gasteiger partial charge is 0.243 e. The Balaban J connectivity index is 1.60. The highest BCUT2D eigenvalue weighted by molar-refractivity contribution is 8.01. The highest BCUT2D eigenvalue weighted by atomic mass is 32.2. The van der Waals surface area contributed by atoms with Crippen molar-refractivity contribution in [2.24, 2.45) is 0 Å². The molecule has 1 aliphatic heterocycles. The Morgan fingerprint density at radius 2 is 2.07 bits per heavy atom. The lowest BCUT2D eigenvalue weighted by atomic mass is 10.4. The molecule has 11 heteroatoms. The van der Waals surface area contributed by atoms with Crippen LogP contribution < -0.4 is 0 Å². The van der Waals surface area contributed by atoms with Crippen molar-refractivity contribution in [3.05, 3.63) is 46.2 Å². The predicted octanol–water partition coefficient (Wildman–Crippen LogP) is 3.45. The van der Waals surface area contributed by atoms with Crippen molar-refractivity contribution < 1.29 is 12.8 Å². The maximum atomic E-state index is 13.4. The minimum Gasteiger partial charge on any atom is -0.282 e. The standard InChI is InChI=1S/C17H21FN4O2S4/c1-13(2)11-26-16-19-22(17(25)27-16)12-20-6-8-21(9-7-20)28(23,24)15-5-3-4-14(18)10-15/h3-5,10H,1,6-9,11-12H2,2H3. The molecule has 0 bridgehead atoms. The lowest BCUT2D eigenvalue weighted by Gasteiger charge is -2.33. The van der Waals surface area contributed by atoms with Crippen LogP contribution in [-0.4, -0.2) is 59.3 Å². The van der Waals surface area contributed by atoms with E-state index in [9.17, 15) is 12.8 Å². The summed E-state index contributed by atoms with van der Waals surface area (Å²) in [5.41, 5.74) is 1.08. The van der Waals surface area contributed by atoms with Crippen LogP contribution in [0, 0.1) is 9.77 Å². The molecule has 1 fully saturated rings. The van der Waals surface area contributed by atoms with E-state index >= 15 is 0 Å². The van der Waals surface area contributed by atoms with Crippen LogP contribution in [-0.2, 0) is 16.7 Å². The number of nitrogens with zero attached hydrogens (tertiary/aromatic N) is 4. The van der Waals surface area contributed by atoms with Gasteiger partial charge >= 0.3 is 0 Å². The summed E-state index contributed by atoms with van der Waals surface area (Å²) >= 11 is 8.47. The molecule has 0 spiro atoms. The van der Waals surface area contributed by atoms with Gasteiger partial charge in [0.05, 0.1) is 11.6 Å². The number of benzene rings is 1. The first kappa shape index (κ1) is 21.6. The van der Waals surface area contributed by atoms with Crippen LogP contribution in [0.5, 0.6) is 0 Å². The van der Waals surface area contributed by atoms with Gasteiger partial charge in [0.1, 0.15) is 5.82 Å². The molecule has 2 aromatic rings. The van der Waals surface area contributed by atoms with Gasteiger partial charge in [0, 0.05) is 31.9 Å². The maximum Gasteiger partial charge on any atom is 0.243 e. The molecule has 0 atom stereocenters. The van der Waals surface area contributed by atoms with Gasteiger partial charge in [-0.3, -0.25) is 4.90 Å². The van der Waals surface area contributed by atoms with Crippen LogP contribution in [0.1, 0.15) is 6.92 Å². The molecular weight excluding hydrogens is 439 g/mol. The Morgan fingerprint density at radius 1 is 1.36 bits per heavy atom. The molecule has 3 rings (SSSR count). The van der Waals surface area contributed by atoms with Crippen LogP contribution in [0.25, 0.3) is 0 Å². The molecule has 0 unspecified atom stereocenters. The summed E-state index contributed by atoms with van der Waals surface area (Å²) in [4.78, 5) is 2.10. The van der Waals surface area contributed by atoms with Crippen LogP contribution in [0.2, 0.25) is 0 Å². The summed E-state index contributed by atoms with van der Waals surface area (Å²) in [5.74, 6) is 0.247. The maximum absolute atomic E-state index is 13.4. The third kappa shape index (κ3) is 5.28. The molecule has 0 N–H and O–H groups in total. The summed E-state index contributed by atoms with van der Waals surface area (Å²) in [7, 11) is -3.69. The molecular formula is C17H21FN4O2S4. The Labute approximate surface area is 177 Å². The SMILES string of the molecule is C=C(C)CSc1nn(CN2CCN(S(=O)(=O)c3cccc(F)c3)CC2)c(=S)s1. The van der Waals surface area contributed by atoms with Gasteiger partial charge in [0.15, 0.2) is 8.29 Å². The van der Waals surface area contributed by atoms with Crippen molar-refractivity contribution >= 4 is 45.3 Å². The second-order valence-electron chi connectivity index (χ2n) is 6.50. The van der Waals surface area contributed by atoms with E-state index in [1.165, 1.54) is 33.8 Å². The number of thioether (sulfide) groups is 1. The van der Waals surface area contributed by atoms with Gasteiger partial charge in [-0.05, 0) is 37.3 Å². The lowest BCUT2D eigenvalue weighted by molar-refractivity contribution is 0.144. The summed E-state index contributed by atoms with van der Waals surface area (Å²) in [5, 5.41) is 4.54. The molecule has 1 saturated heterocycles. The molecule has 152 valence electrons. The minimum absolute atomic E-state index is 0.0122. The van der Waals surface area contributed by atoms with Crippen molar-refractivity contribution in [1.29, 1.82) is 0 Å². The van der Waals surface area contributed by atoms with Gasteiger partial charge in [0.2, 0.25) is 10.0 Å². The van der Waals surface area contributed by atoms with E-state index in [1.54, 1.807) is 16.4 Å². The van der Waals surface area contributed by atoms with Crippen molar-refractivity contribution in [3.63, 3.8) is 0 Å². The van der Waals surface area contributed by atoms with Crippen LogP contribution >= 0.6 is 35.3 Å². The van der Waals surface area contributed by atoms with Gasteiger partial charge in [-0.2, -0.15) is 9.40 Å². The van der Waals surface area contributed by atoms with Crippen molar-refractivity contribution in [3.8, 4) is 0 Å². The number of sulfonamides is 1. The normalized spacial score (nSPS) is 16.4. The second-order valence-corrected chi connectivity index (χ2v) is 11.3. The number of rotatable bonds is 7. The fourth-order valence-electron chi connectivity index (χ4n) is 2.70. The number of hydrogen-bond acceptors (Lipinski definition) is 7. The van der Waals surface area contributed by atoms with Gasteiger partial charge in [0.25, 0.3) is 0 Å². The van der Waals surface area contributed by atoms with Gasteiger partial charge in [-0.15, -0.1) is 0 Å². The fourth-order valence-corrected chi connectivity index (χ4v) is 6.31. The fraction of sp³-hybridized carbons (Fsp3) is 0.412. The number of halogens is 1. The topological polar surface area (TPSA) is 58.4 Å². The zero-order chi connectivity index (χ0) is 20.3. The number of aromatic nitrogens is 2. The minimum atomic E-state index is -3.69. The van der Waals surface area contributed by atoms with E-state index in [4.69, 9.17) is 12.2 Å². The second kappa shape index (κ2) is 9.14. The molecule has 0 radical (unpaired) electrons. The first-order chi connectivity index (χ1) is 13.3. The largest absolute Gasteiger partial charge is 0.282 e. The molecule has 0 amide bonds. The summed E-state index contributed by atoms with van der Waals surface area (Å²) in [6, 6.07) is 5.12. The van der Waals surface area contributed by atoms with E-state index in [0.717, 1.165) is 21.7 Å². The number of piperazine rings is 1. The Morgan fingerprint density at radius 3 is 2.71 bits per heavy atom. The highest BCUT2D eigenvalue weighted by Crippen LogP contribution is 2.24. The lowest BCUT2D eigenvalue weighted by Crippen LogP contribution is -2.48. The molecule has 6 nitrogen and oxygen atoms in total. The first-order valence-electron chi connectivity index (χ1n) is 8.59. The third-order valence-electron chi connectivity index (χ3n) is 4.13. The Kier molecular flexibility index (Phi) is 7.05. The Bertz CT molecular complexity index is 1010. The summed E-state index contributed by atoms with van der Waals surface area (Å²) < 4.78 is 43.5. The molecule has 28 heavy (non-hydrogen) atoms. The summed E-state index contributed by atoms with van der Waals surface area (Å²) in [6.07, 6.45) is 0. The molecule has 1 aliphatic rings. The van der Waals surface area contributed by atoms with E-state index in [-0.39, 0.29) is 4.90 Å². The molecule has 2 heterocycles. The van der Waals surface area contributed by atoms with E-state index in [1.807, 2.05) is 6.92 Å². The van der Waals surface area contributed by atoms with Crippen molar-refractivity contribution in [1.82, 2.24) is 19.0 Å². The molecule has 0 saturated carbocycles. The first-order valence-corrected chi connectivity index (χ1v) is 12.2. The monoisotopic (exact) mass is 460 g/mol. The third-order valence-corrected chi connectivity index (χ3v) is 8.70. The van der Waals surface area contributed by atoms with Crippen LogP contribution in [0.4, 0.5) is 4.39 Å². The van der Waals surface area contributed by atoms with Crippen LogP contribution in [0.3, 0.4) is 0 Å². The van der Waals surface area contributed by atoms with E-state index < -0.39 is 15.8 Å². The Hall–Kier alpha value is -1.11. The van der Waals surface area contributed by atoms with Crippen molar-refractivity contribution in [2.45, 2.75) is 22.8 Å². The van der Waals surface area contributed by atoms with Gasteiger partial charge in [-0.1, -0.05) is 41.3 Å². The van der Waals surface area contributed by atoms with E-state index in [2.05, 4.69) is 16.6 Å². The zero-order valence-corrected chi connectivity index (χ0v) is 18.6. The van der Waals surface area contributed by atoms with Crippen LogP contribution in [0.15, 0.2) is 45.7 Å². The van der Waals surface area contributed by atoms with Gasteiger partial charge in [-0.25, -0.2) is 17.5 Å². The van der Waals surface area contributed by atoms with Gasteiger partial charge < -0.3 is 0 Å². The zero-order valence-electron chi connectivity index (χ0n) is 15.4. The van der Waals surface area contributed by atoms with E-state index in [0.29, 0.717) is 36.8 Å². The predicted molar refractivity (Wildman–Crippen MR) is 113 cm³/mol. The highest BCUT2D eigenvalue weighted by Gasteiger charge is 2.29. The number of hydrogen-bond donors (Lipinski definition) is 0. The molecule has 1 aromatic heterocycles.